The molecule has 0 amide bonds. The predicted molar refractivity (Wildman–Crippen MR) is 234 cm³/mol. The van der Waals surface area contributed by atoms with Gasteiger partial charge >= 0.3 is 0 Å². The van der Waals surface area contributed by atoms with Crippen LogP contribution in [-0.2, 0) is 26.2 Å². The highest BCUT2D eigenvalue weighted by Crippen LogP contribution is 2.43. The van der Waals surface area contributed by atoms with E-state index in [4.69, 9.17) is 23.1 Å². The molecule has 0 unspecified atom stereocenters. The van der Waals surface area contributed by atoms with E-state index in [2.05, 4.69) is 134 Å². The Bertz CT molecular complexity index is 1990. The Hall–Kier alpha value is -4.73. The van der Waals surface area contributed by atoms with Crippen LogP contribution in [0.5, 0.6) is 28.7 Å². The number of benzene rings is 5. The summed E-state index contributed by atoms with van der Waals surface area (Å²) in [5, 5.41) is 0.0470. The molecule has 5 rings (SSSR count). The summed E-state index contributed by atoms with van der Waals surface area (Å²) in [5.41, 5.74) is 5.31. The lowest BCUT2D eigenvalue weighted by Crippen LogP contribution is -2.44. The zero-order chi connectivity index (χ0) is 39.7. The van der Waals surface area contributed by atoms with Crippen molar-refractivity contribution in [1.82, 2.24) is 0 Å². The van der Waals surface area contributed by atoms with E-state index in [1.165, 1.54) is 0 Å². The highest BCUT2D eigenvalue weighted by molar-refractivity contribution is 6.75. The first-order valence-electron chi connectivity index (χ1n) is 19.4. The second kappa shape index (κ2) is 17.8. The standard InChI is InChI=1S/C48H60O5Si2/c1-47(2,3)54(7,8)52-43-30-29-37(31-46(43)51-36-40-25-18-13-19-26-40)27-20-28-42-44(50-35-39-23-16-12-17-24-39)32-41(49-34-38-21-14-11-15-22-38)33-45(42)53-55(9,10)48(4,5)6/h11-27,29-33H,28,34-36H2,1-10H3/b27-20+. The highest BCUT2D eigenvalue weighted by atomic mass is 28.4. The molecular formula is C48H60O5Si2. The van der Waals surface area contributed by atoms with Gasteiger partial charge in [0.25, 0.3) is 8.32 Å². The Morgan fingerprint density at radius 1 is 0.473 bits per heavy atom. The maximum Gasteiger partial charge on any atom is 0.250 e. The van der Waals surface area contributed by atoms with Gasteiger partial charge in [0, 0.05) is 17.7 Å². The molecule has 0 saturated heterocycles. The van der Waals surface area contributed by atoms with Crippen LogP contribution in [0.3, 0.4) is 0 Å². The minimum Gasteiger partial charge on any atom is -0.543 e. The van der Waals surface area contributed by atoms with Gasteiger partial charge in [-0.2, -0.15) is 0 Å². The normalized spacial score (nSPS) is 12.4. The predicted octanol–water partition coefficient (Wildman–Crippen LogP) is 13.4. The molecule has 0 fully saturated rings. The van der Waals surface area contributed by atoms with Crippen molar-refractivity contribution in [3.63, 3.8) is 0 Å². The van der Waals surface area contributed by atoms with Crippen molar-refractivity contribution >= 4 is 22.7 Å². The Morgan fingerprint density at radius 2 is 0.909 bits per heavy atom. The summed E-state index contributed by atoms with van der Waals surface area (Å²) < 4.78 is 33.4. The maximum atomic E-state index is 7.08. The van der Waals surface area contributed by atoms with E-state index in [1.807, 2.05) is 66.7 Å². The van der Waals surface area contributed by atoms with Gasteiger partial charge in [-0.25, -0.2) is 0 Å². The monoisotopic (exact) mass is 772 g/mol. The number of hydrogen-bond donors (Lipinski definition) is 0. The van der Waals surface area contributed by atoms with Crippen molar-refractivity contribution < 1.29 is 23.1 Å². The molecule has 5 aromatic carbocycles. The van der Waals surface area contributed by atoms with Gasteiger partial charge in [0.1, 0.15) is 42.8 Å². The number of rotatable bonds is 16. The Balaban J connectivity index is 1.50. The van der Waals surface area contributed by atoms with Crippen molar-refractivity contribution in [3.8, 4) is 28.7 Å². The zero-order valence-corrected chi connectivity index (χ0v) is 36.6. The van der Waals surface area contributed by atoms with Crippen LogP contribution in [0, 0.1) is 0 Å². The third kappa shape index (κ3) is 11.6. The minimum absolute atomic E-state index is 0.00352. The minimum atomic E-state index is -2.25. The summed E-state index contributed by atoms with van der Waals surface area (Å²) in [5.74, 6) is 3.79. The van der Waals surface area contributed by atoms with Crippen LogP contribution in [0.15, 0.2) is 127 Å². The lowest BCUT2D eigenvalue weighted by Gasteiger charge is -2.37. The average Bonchev–Trinajstić information content (AvgIpc) is 3.14. The molecule has 0 aromatic heterocycles. The lowest BCUT2D eigenvalue weighted by molar-refractivity contribution is 0.286. The molecule has 290 valence electrons. The molecule has 0 radical (unpaired) electrons. The van der Waals surface area contributed by atoms with Crippen LogP contribution in [0.1, 0.15) is 69.4 Å². The molecule has 0 atom stereocenters. The van der Waals surface area contributed by atoms with Gasteiger partial charge in [-0.15, -0.1) is 0 Å². The third-order valence-corrected chi connectivity index (χ3v) is 19.5. The lowest BCUT2D eigenvalue weighted by atomic mass is 10.1. The zero-order valence-electron chi connectivity index (χ0n) is 34.6. The second-order valence-electron chi connectivity index (χ2n) is 17.3. The van der Waals surface area contributed by atoms with E-state index in [9.17, 15) is 0 Å². The van der Waals surface area contributed by atoms with Crippen LogP contribution in [0.2, 0.25) is 36.3 Å². The summed E-state index contributed by atoms with van der Waals surface area (Å²) in [6, 6.07) is 41.0. The molecule has 0 aliphatic heterocycles. The van der Waals surface area contributed by atoms with E-state index < -0.39 is 16.6 Å². The highest BCUT2D eigenvalue weighted by Gasteiger charge is 2.40. The molecule has 5 nitrogen and oxygen atoms in total. The summed E-state index contributed by atoms with van der Waals surface area (Å²) in [6.45, 7) is 24.0. The molecule has 7 heteroatoms. The van der Waals surface area contributed by atoms with E-state index in [1.54, 1.807) is 0 Å². The van der Waals surface area contributed by atoms with Crippen LogP contribution < -0.4 is 23.1 Å². The SMILES string of the molecule is CC(C)(C)[Si](C)(C)Oc1ccc(/C=C/Cc2c(OCc3ccccc3)cc(OCc3ccccc3)cc2O[Si](C)(C)C(C)(C)C)cc1OCc1ccccc1. The molecule has 0 spiro atoms. The summed E-state index contributed by atoms with van der Waals surface area (Å²) >= 11 is 0. The molecule has 0 aliphatic rings. The second-order valence-corrected chi connectivity index (χ2v) is 26.7. The van der Waals surface area contributed by atoms with Gasteiger partial charge in [-0.3, -0.25) is 0 Å². The van der Waals surface area contributed by atoms with Gasteiger partial charge in [-0.05, 0) is 77.1 Å². The molecule has 0 heterocycles. The quantitative estimate of drug-likeness (QED) is 0.0935. The molecular weight excluding hydrogens is 713 g/mol. The molecule has 0 aliphatic carbocycles. The molecule has 5 aromatic rings. The van der Waals surface area contributed by atoms with Crippen molar-refractivity contribution in [3.05, 3.63) is 155 Å². The summed E-state index contributed by atoms with van der Waals surface area (Å²) in [4.78, 5) is 0. The number of allylic oxidation sites excluding steroid dienone is 1. The topological polar surface area (TPSA) is 46.2 Å². The summed E-state index contributed by atoms with van der Waals surface area (Å²) in [7, 11) is -4.36. The molecule has 55 heavy (non-hydrogen) atoms. The fourth-order valence-corrected chi connectivity index (χ4v) is 7.37. The summed E-state index contributed by atoms with van der Waals surface area (Å²) in [6.07, 6.45) is 4.91. The van der Waals surface area contributed by atoms with Gasteiger partial charge < -0.3 is 23.1 Å². The first kappa shape index (κ1) is 41.4. The molecule has 0 N–H and O–H groups in total. The fraction of sp³-hybridized carbons (Fsp3) is 0.333. The van der Waals surface area contributed by atoms with Crippen molar-refractivity contribution in [2.75, 3.05) is 0 Å². The Morgan fingerprint density at radius 3 is 1.40 bits per heavy atom. The first-order chi connectivity index (χ1) is 26.0. The van der Waals surface area contributed by atoms with Gasteiger partial charge in [-0.1, -0.05) is 151 Å². The third-order valence-electron chi connectivity index (χ3n) is 10.8. The Kier molecular flexibility index (Phi) is 13.4. The van der Waals surface area contributed by atoms with Gasteiger partial charge in [0.05, 0.1) is 0 Å². The van der Waals surface area contributed by atoms with Crippen LogP contribution >= 0.6 is 0 Å². The van der Waals surface area contributed by atoms with E-state index in [0.717, 1.165) is 50.8 Å². The number of ether oxygens (including phenoxy) is 3. The molecule has 0 saturated carbocycles. The van der Waals surface area contributed by atoms with E-state index in [-0.39, 0.29) is 10.1 Å². The maximum absolute atomic E-state index is 7.08. The van der Waals surface area contributed by atoms with Crippen molar-refractivity contribution in [1.29, 1.82) is 0 Å². The first-order valence-corrected chi connectivity index (χ1v) is 25.2. The molecule has 0 bridgehead atoms. The largest absolute Gasteiger partial charge is 0.543 e. The number of hydrogen-bond acceptors (Lipinski definition) is 5. The van der Waals surface area contributed by atoms with Crippen LogP contribution in [-0.4, -0.2) is 16.6 Å². The fourth-order valence-electron chi connectivity index (χ4n) is 5.31. The van der Waals surface area contributed by atoms with E-state index in [0.29, 0.717) is 32.0 Å². The van der Waals surface area contributed by atoms with Gasteiger partial charge in [0.15, 0.2) is 5.75 Å². The van der Waals surface area contributed by atoms with Crippen molar-refractivity contribution in [2.24, 2.45) is 0 Å². The van der Waals surface area contributed by atoms with Crippen molar-refractivity contribution in [2.45, 2.75) is 104 Å². The Labute approximate surface area is 332 Å². The van der Waals surface area contributed by atoms with Crippen LogP contribution in [0.25, 0.3) is 6.08 Å². The average molecular weight is 773 g/mol. The van der Waals surface area contributed by atoms with E-state index >= 15 is 0 Å². The van der Waals surface area contributed by atoms with Gasteiger partial charge in [0.2, 0.25) is 8.32 Å². The van der Waals surface area contributed by atoms with Crippen LogP contribution in [0.4, 0.5) is 0 Å². The smallest absolute Gasteiger partial charge is 0.250 e.